The molecule has 0 bridgehead atoms. The summed E-state index contributed by atoms with van der Waals surface area (Å²) in [7, 11) is 0. The van der Waals surface area contributed by atoms with E-state index in [0.29, 0.717) is 18.1 Å². The van der Waals surface area contributed by atoms with Crippen molar-refractivity contribution in [2.24, 2.45) is 5.92 Å². The number of hydrogen-bond donors (Lipinski definition) is 0. The largest absolute Gasteiger partial charge is 0.491 e. The molecule has 24 heavy (non-hydrogen) atoms. The SMILES string of the molecule is Cc1cc(OC(C)C)cc(C)c1C(=O)OC[C@@H](C)CN1CCCC1. The van der Waals surface area contributed by atoms with Crippen molar-refractivity contribution < 1.29 is 14.3 Å². The Morgan fingerprint density at radius 2 is 1.71 bits per heavy atom. The summed E-state index contributed by atoms with van der Waals surface area (Å²) in [5, 5.41) is 0. The lowest BCUT2D eigenvalue weighted by molar-refractivity contribution is 0.0425. The van der Waals surface area contributed by atoms with E-state index in [0.717, 1.165) is 23.4 Å². The second kappa shape index (κ2) is 8.52. The molecule has 0 unspecified atom stereocenters. The monoisotopic (exact) mass is 333 g/mol. The molecule has 1 fully saturated rings. The molecular formula is C20H31NO3. The minimum absolute atomic E-state index is 0.119. The van der Waals surface area contributed by atoms with E-state index in [1.807, 2.05) is 39.8 Å². The number of benzene rings is 1. The zero-order valence-electron chi connectivity index (χ0n) is 15.7. The summed E-state index contributed by atoms with van der Waals surface area (Å²) in [5.41, 5.74) is 2.48. The Labute approximate surface area is 146 Å². The predicted octanol–water partition coefficient (Wildman–Crippen LogP) is 3.98. The highest BCUT2D eigenvalue weighted by molar-refractivity contribution is 5.93. The molecule has 1 heterocycles. The fraction of sp³-hybridized carbons (Fsp3) is 0.650. The fourth-order valence-corrected chi connectivity index (χ4v) is 3.33. The first-order chi connectivity index (χ1) is 11.4. The molecule has 0 radical (unpaired) electrons. The molecule has 0 N–H and O–H groups in total. The molecule has 1 aliphatic heterocycles. The molecule has 1 atom stereocenters. The summed E-state index contributed by atoms with van der Waals surface area (Å²) in [6.07, 6.45) is 2.69. The molecule has 2 rings (SSSR count). The summed E-state index contributed by atoms with van der Waals surface area (Å²) in [5.74, 6) is 0.935. The van der Waals surface area contributed by atoms with Crippen LogP contribution in [0, 0.1) is 19.8 Å². The molecule has 4 heteroatoms. The maximum Gasteiger partial charge on any atom is 0.338 e. The summed E-state index contributed by atoms with van der Waals surface area (Å²) in [6.45, 7) is 13.8. The number of rotatable bonds is 7. The number of aryl methyl sites for hydroxylation is 2. The zero-order chi connectivity index (χ0) is 17.7. The Bertz CT molecular complexity index is 539. The minimum atomic E-state index is -0.227. The predicted molar refractivity (Wildman–Crippen MR) is 96.8 cm³/mol. The van der Waals surface area contributed by atoms with Gasteiger partial charge in [0.1, 0.15) is 5.75 Å². The molecule has 0 amide bonds. The van der Waals surface area contributed by atoms with Crippen molar-refractivity contribution in [3.05, 3.63) is 28.8 Å². The molecule has 0 aliphatic carbocycles. The van der Waals surface area contributed by atoms with E-state index in [1.165, 1.54) is 25.9 Å². The van der Waals surface area contributed by atoms with Gasteiger partial charge in [0.15, 0.2) is 0 Å². The van der Waals surface area contributed by atoms with E-state index in [2.05, 4.69) is 11.8 Å². The number of carbonyl (C=O) groups is 1. The van der Waals surface area contributed by atoms with Crippen molar-refractivity contribution in [3.8, 4) is 5.75 Å². The van der Waals surface area contributed by atoms with Gasteiger partial charge in [-0.2, -0.15) is 0 Å². The number of likely N-dealkylation sites (tertiary alicyclic amines) is 1. The Hall–Kier alpha value is -1.55. The van der Waals surface area contributed by atoms with Gasteiger partial charge in [0.25, 0.3) is 0 Å². The number of nitrogens with zero attached hydrogens (tertiary/aromatic N) is 1. The lowest BCUT2D eigenvalue weighted by Crippen LogP contribution is -2.28. The van der Waals surface area contributed by atoms with Crippen LogP contribution in [0.5, 0.6) is 5.75 Å². The summed E-state index contributed by atoms with van der Waals surface area (Å²) in [6, 6.07) is 3.83. The van der Waals surface area contributed by atoms with Crippen molar-refractivity contribution in [1.82, 2.24) is 4.90 Å². The van der Waals surface area contributed by atoms with E-state index < -0.39 is 0 Å². The third-order valence-corrected chi connectivity index (χ3v) is 4.35. The van der Waals surface area contributed by atoms with E-state index in [9.17, 15) is 4.79 Å². The third-order valence-electron chi connectivity index (χ3n) is 4.35. The standard InChI is InChI=1S/C20H31NO3/c1-14(2)24-18-10-16(4)19(17(5)11-18)20(22)23-13-15(3)12-21-8-6-7-9-21/h10-11,14-15H,6-9,12-13H2,1-5H3/t15-/m0/s1. The molecule has 1 saturated heterocycles. The van der Waals surface area contributed by atoms with Crippen LogP contribution in [0.2, 0.25) is 0 Å². The summed E-state index contributed by atoms with van der Waals surface area (Å²) in [4.78, 5) is 14.9. The van der Waals surface area contributed by atoms with Gasteiger partial charge in [-0.1, -0.05) is 6.92 Å². The average molecular weight is 333 g/mol. The third kappa shape index (κ3) is 5.23. The Morgan fingerprint density at radius 1 is 1.12 bits per heavy atom. The van der Waals surface area contributed by atoms with Gasteiger partial charge < -0.3 is 14.4 Å². The van der Waals surface area contributed by atoms with Gasteiger partial charge in [-0.15, -0.1) is 0 Å². The van der Waals surface area contributed by atoms with Gasteiger partial charge in [-0.3, -0.25) is 0 Å². The molecule has 1 aromatic carbocycles. The van der Waals surface area contributed by atoms with Crippen molar-refractivity contribution in [3.63, 3.8) is 0 Å². The maximum absolute atomic E-state index is 12.5. The highest BCUT2D eigenvalue weighted by atomic mass is 16.5. The van der Waals surface area contributed by atoms with Crippen molar-refractivity contribution >= 4 is 5.97 Å². The molecule has 0 spiro atoms. The molecule has 134 valence electrons. The zero-order valence-corrected chi connectivity index (χ0v) is 15.7. The first-order valence-electron chi connectivity index (χ1n) is 9.04. The number of esters is 1. The van der Waals surface area contributed by atoms with E-state index in [1.54, 1.807) is 0 Å². The van der Waals surface area contributed by atoms with Gasteiger partial charge in [0.2, 0.25) is 0 Å². The van der Waals surface area contributed by atoms with Gasteiger partial charge in [0, 0.05) is 12.5 Å². The lowest BCUT2D eigenvalue weighted by atomic mass is 10.0. The van der Waals surface area contributed by atoms with Crippen molar-refractivity contribution in [2.45, 2.75) is 53.6 Å². The first-order valence-corrected chi connectivity index (χ1v) is 9.04. The number of ether oxygens (including phenoxy) is 2. The van der Waals surface area contributed by atoms with E-state index in [-0.39, 0.29) is 12.1 Å². The van der Waals surface area contributed by atoms with Gasteiger partial charge in [0.05, 0.1) is 18.3 Å². The molecule has 0 saturated carbocycles. The van der Waals surface area contributed by atoms with Crippen LogP contribution in [-0.2, 0) is 4.74 Å². The van der Waals surface area contributed by atoms with Crippen molar-refractivity contribution in [1.29, 1.82) is 0 Å². The Kier molecular flexibility index (Phi) is 6.67. The fourth-order valence-electron chi connectivity index (χ4n) is 3.33. The number of carbonyl (C=O) groups excluding carboxylic acids is 1. The first kappa shape index (κ1) is 18.8. The molecular weight excluding hydrogens is 302 g/mol. The smallest absolute Gasteiger partial charge is 0.338 e. The highest BCUT2D eigenvalue weighted by Gasteiger charge is 2.19. The van der Waals surface area contributed by atoms with Crippen LogP contribution in [0.1, 0.15) is 55.1 Å². The van der Waals surface area contributed by atoms with Crippen LogP contribution < -0.4 is 4.74 Å². The van der Waals surface area contributed by atoms with Crippen LogP contribution in [0.4, 0.5) is 0 Å². The topological polar surface area (TPSA) is 38.8 Å². The van der Waals surface area contributed by atoms with E-state index >= 15 is 0 Å². The lowest BCUT2D eigenvalue weighted by Gasteiger charge is -2.20. The molecule has 4 nitrogen and oxygen atoms in total. The molecule has 1 aromatic rings. The normalized spacial score (nSPS) is 16.4. The summed E-state index contributed by atoms with van der Waals surface area (Å²) < 4.78 is 11.3. The Morgan fingerprint density at radius 3 is 2.25 bits per heavy atom. The van der Waals surface area contributed by atoms with Gasteiger partial charge in [-0.05, 0) is 76.9 Å². The van der Waals surface area contributed by atoms with Gasteiger partial charge in [-0.25, -0.2) is 4.79 Å². The van der Waals surface area contributed by atoms with Crippen molar-refractivity contribution in [2.75, 3.05) is 26.2 Å². The second-order valence-corrected chi connectivity index (χ2v) is 7.31. The van der Waals surface area contributed by atoms with Crippen LogP contribution >= 0.6 is 0 Å². The van der Waals surface area contributed by atoms with Crippen LogP contribution in [-0.4, -0.2) is 43.2 Å². The second-order valence-electron chi connectivity index (χ2n) is 7.31. The van der Waals surface area contributed by atoms with Gasteiger partial charge >= 0.3 is 5.97 Å². The van der Waals surface area contributed by atoms with E-state index in [4.69, 9.17) is 9.47 Å². The Balaban J connectivity index is 1.93. The highest BCUT2D eigenvalue weighted by Crippen LogP contribution is 2.24. The molecule has 0 aromatic heterocycles. The average Bonchev–Trinajstić information content (AvgIpc) is 2.96. The van der Waals surface area contributed by atoms with Crippen LogP contribution in [0.25, 0.3) is 0 Å². The quantitative estimate of drug-likeness (QED) is 0.708. The minimum Gasteiger partial charge on any atom is -0.491 e. The summed E-state index contributed by atoms with van der Waals surface area (Å²) >= 11 is 0. The van der Waals surface area contributed by atoms with Crippen LogP contribution in [0.15, 0.2) is 12.1 Å². The van der Waals surface area contributed by atoms with Crippen LogP contribution in [0.3, 0.4) is 0 Å². The number of hydrogen-bond acceptors (Lipinski definition) is 4. The molecule has 1 aliphatic rings. The maximum atomic E-state index is 12.5.